The highest BCUT2D eigenvalue weighted by atomic mass is 16.2. The molecule has 2 N–H and O–H groups in total. The highest BCUT2D eigenvalue weighted by Crippen LogP contribution is 2.28. The molecule has 226 valence electrons. The molecule has 9 heteroatoms. The van der Waals surface area contributed by atoms with Crippen LogP contribution < -0.4 is 15.5 Å². The Bertz CT molecular complexity index is 1430. The van der Waals surface area contributed by atoms with Crippen LogP contribution in [0.15, 0.2) is 64.7 Å². The first-order valence-corrected chi connectivity index (χ1v) is 15.0. The number of likely N-dealkylation sites (tertiary alicyclic amines) is 1. The van der Waals surface area contributed by atoms with E-state index in [-0.39, 0.29) is 24.1 Å². The van der Waals surface area contributed by atoms with Gasteiger partial charge in [-0.25, -0.2) is 0 Å². The molecule has 43 heavy (non-hydrogen) atoms. The number of nitrogens with zero attached hydrogens (tertiary/aromatic N) is 4. The first-order chi connectivity index (χ1) is 20.7. The van der Waals surface area contributed by atoms with Gasteiger partial charge >= 0.3 is 0 Å². The molecule has 2 aromatic carbocycles. The van der Waals surface area contributed by atoms with Gasteiger partial charge < -0.3 is 20.4 Å². The van der Waals surface area contributed by atoms with Crippen LogP contribution >= 0.6 is 0 Å². The first kappa shape index (κ1) is 31.6. The second kappa shape index (κ2) is 14.7. The van der Waals surface area contributed by atoms with Gasteiger partial charge in [0.15, 0.2) is 5.78 Å². The number of aliphatic imine (C=N–C) groups is 1. The minimum Gasteiger partial charge on any atom is -0.364 e. The van der Waals surface area contributed by atoms with E-state index in [2.05, 4.69) is 68.8 Å². The van der Waals surface area contributed by atoms with Gasteiger partial charge in [0, 0.05) is 68.7 Å². The predicted octanol–water partition coefficient (Wildman–Crippen LogP) is 3.92. The SMILES string of the molecule is CC(=O)NCc1ccc(N(Cc2cccc(C#N)c2)C2CCN(C(C)CCNC(=O)C3=C(C)C(=O)CN=C3C)CC2)cc1. The Kier molecular flexibility index (Phi) is 10.8. The molecule has 4 rings (SSSR count). The number of rotatable bonds is 11. The smallest absolute Gasteiger partial charge is 0.253 e. The zero-order valence-corrected chi connectivity index (χ0v) is 25.7. The third kappa shape index (κ3) is 8.39. The predicted molar refractivity (Wildman–Crippen MR) is 169 cm³/mol. The molecular weight excluding hydrogens is 540 g/mol. The van der Waals surface area contributed by atoms with E-state index in [4.69, 9.17) is 0 Å². The number of anilines is 1. The first-order valence-electron chi connectivity index (χ1n) is 15.0. The van der Waals surface area contributed by atoms with Crippen molar-refractivity contribution in [3.05, 3.63) is 76.4 Å². The maximum atomic E-state index is 12.8. The van der Waals surface area contributed by atoms with Crippen LogP contribution in [0, 0.1) is 11.3 Å². The van der Waals surface area contributed by atoms with Gasteiger partial charge in [-0.05, 0) is 75.4 Å². The molecule has 2 aliphatic heterocycles. The molecular formula is C34H42N6O3. The Morgan fingerprint density at radius 3 is 2.49 bits per heavy atom. The number of Topliss-reactive ketones (excluding diaryl/α,β-unsaturated/α-hetero) is 1. The van der Waals surface area contributed by atoms with Crippen LogP contribution in [0.5, 0.6) is 0 Å². The van der Waals surface area contributed by atoms with Crippen LogP contribution in [-0.2, 0) is 27.5 Å². The Hall–Kier alpha value is -4.29. The molecule has 0 aliphatic carbocycles. The van der Waals surface area contributed by atoms with Gasteiger partial charge in [0.2, 0.25) is 5.91 Å². The van der Waals surface area contributed by atoms with E-state index in [0.717, 1.165) is 49.2 Å². The van der Waals surface area contributed by atoms with E-state index in [1.165, 1.54) is 6.92 Å². The maximum Gasteiger partial charge on any atom is 0.253 e. The summed E-state index contributed by atoms with van der Waals surface area (Å²) in [6.45, 7) is 10.9. The summed E-state index contributed by atoms with van der Waals surface area (Å²) in [6, 6.07) is 19.0. The van der Waals surface area contributed by atoms with Gasteiger partial charge in [0.25, 0.3) is 5.91 Å². The number of nitriles is 1. The lowest BCUT2D eigenvalue weighted by Gasteiger charge is -2.42. The van der Waals surface area contributed by atoms with Crippen molar-refractivity contribution in [1.82, 2.24) is 15.5 Å². The van der Waals surface area contributed by atoms with Crippen molar-refractivity contribution in [3.8, 4) is 6.07 Å². The molecule has 0 aromatic heterocycles. The molecule has 2 amide bonds. The number of amides is 2. The van der Waals surface area contributed by atoms with Crippen LogP contribution in [0.3, 0.4) is 0 Å². The monoisotopic (exact) mass is 582 g/mol. The van der Waals surface area contributed by atoms with Crippen molar-refractivity contribution in [3.63, 3.8) is 0 Å². The number of piperidine rings is 1. The lowest BCUT2D eigenvalue weighted by atomic mass is 9.98. The van der Waals surface area contributed by atoms with Crippen molar-refractivity contribution in [2.24, 2.45) is 4.99 Å². The minimum absolute atomic E-state index is 0.0517. The van der Waals surface area contributed by atoms with E-state index in [1.54, 1.807) is 13.8 Å². The molecule has 2 heterocycles. The second-order valence-electron chi connectivity index (χ2n) is 11.5. The largest absolute Gasteiger partial charge is 0.364 e. The quantitative estimate of drug-likeness (QED) is 0.415. The highest BCUT2D eigenvalue weighted by molar-refractivity contribution is 6.27. The molecule has 9 nitrogen and oxygen atoms in total. The maximum absolute atomic E-state index is 12.8. The molecule has 1 saturated heterocycles. The number of ketones is 1. The molecule has 2 aliphatic rings. The summed E-state index contributed by atoms with van der Waals surface area (Å²) < 4.78 is 0. The van der Waals surface area contributed by atoms with Gasteiger partial charge in [-0.2, -0.15) is 5.26 Å². The van der Waals surface area contributed by atoms with Crippen LogP contribution in [0.1, 0.15) is 63.6 Å². The van der Waals surface area contributed by atoms with E-state index in [0.29, 0.717) is 54.1 Å². The van der Waals surface area contributed by atoms with Gasteiger partial charge in [-0.1, -0.05) is 24.3 Å². The van der Waals surface area contributed by atoms with Crippen molar-refractivity contribution in [2.75, 3.05) is 31.1 Å². The summed E-state index contributed by atoms with van der Waals surface area (Å²) in [6.07, 6.45) is 2.80. The zero-order chi connectivity index (χ0) is 30.9. The van der Waals surface area contributed by atoms with E-state index < -0.39 is 0 Å². The fourth-order valence-electron chi connectivity index (χ4n) is 5.84. The lowest BCUT2D eigenvalue weighted by molar-refractivity contribution is -0.119. The van der Waals surface area contributed by atoms with Crippen LogP contribution in [0.2, 0.25) is 0 Å². The lowest BCUT2D eigenvalue weighted by Crippen LogP contribution is -2.48. The van der Waals surface area contributed by atoms with Gasteiger partial charge in [0.1, 0.15) is 6.54 Å². The van der Waals surface area contributed by atoms with Gasteiger partial charge in [-0.3, -0.25) is 19.4 Å². The number of dihydropyridines is 1. The molecule has 2 aromatic rings. The van der Waals surface area contributed by atoms with Crippen molar-refractivity contribution >= 4 is 29.0 Å². The average molecular weight is 583 g/mol. The molecule has 1 atom stereocenters. The highest BCUT2D eigenvalue weighted by Gasteiger charge is 2.28. The third-order valence-electron chi connectivity index (χ3n) is 8.47. The van der Waals surface area contributed by atoms with E-state index in [9.17, 15) is 19.6 Å². The van der Waals surface area contributed by atoms with Crippen LogP contribution in [0.4, 0.5) is 5.69 Å². The summed E-state index contributed by atoms with van der Waals surface area (Å²) in [5, 5.41) is 15.3. The zero-order valence-electron chi connectivity index (χ0n) is 25.7. The molecule has 0 spiro atoms. The number of hydrogen-bond acceptors (Lipinski definition) is 7. The number of hydrogen-bond donors (Lipinski definition) is 2. The van der Waals surface area contributed by atoms with Crippen LogP contribution in [-0.4, -0.2) is 66.5 Å². The van der Waals surface area contributed by atoms with E-state index in [1.807, 2.05) is 18.2 Å². The minimum atomic E-state index is -0.225. The Morgan fingerprint density at radius 1 is 1.09 bits per heavy atom. The molecule has 0 saturated carbocycles. The van der Waals surface area contributed by atoms with Crippen molar-refractivity contribution in [2.45, 2.75) is 72.1 Å². The van der Waals surface area contributed by atoms with Gasteiger partial charge in [-0.15, -0.1) is 0 Å². The van der Waals surface area contributed by atoms with Gasteiger partial charge in [0.05, 0.1) is 17.2 Å². The third-order valence-corrected chi connectivity index (χ3v) is 8.47. The Labute approximate surface area is 254 Å². The fraction of sp³-hybridized carbons (Fsp3) is 0.441. The van der Waals surface area contributed by atoms with Crippen molar-refractivity contribution < 1.29 is 14.4 Å². The Morgan fingerprint density at radius 2 is 1.81 bits per heavy atom. The summed E-state index contributed by atoms with van der Waals surface area (Å²) in [5.41, 5.74) is 5.44. The topological polar surface area (TPSA) is 118 Å². The standard InChI is InChI=1S/C34H42N6O3/c1-23(12-15-36-34(43)33-24(2)32(42)21-37-25(33)3)39-16-13-31(14-17-39)40(22-29-7-5-6-28(18-29)19-35)30-10-8-27(9-11-30)20-38-26(4)41/h5-11,18,23,31H,12-17,20-22H2,1-4H3,(H,36,43)(H,38,41). The fourth-order valence-corrected chi connectivity index (χ4v) is 5.84. The summed E-state index contributed by atoms with van der Waals surface area (Å²) in [5.74, 6) is -0.374. The van der Waals surface area contributed by atoms with Crippen molar-refractivity contribution in [1.29, 1.82) is 5.26 Å². The molecule has 1 fully saturated rings. The van der Waals surface area contributed by atoms with Crippen LogP contribution in [0.25, 0.3) is 0 Å². The summed E-state index contributed by atoms with van der Waals surface area (Å²) >= 11 is 0. The normalized spacial score (nSPS) is 16.7. The Balaban J connectivity index is 1.36. The number of carbonyl (C=O) groups is 3. The number of nitrogens with one attached hydrogen (secondary N) is 2. The average Bonchev–Trinajstić information content (AvgIpc) is 3.01. The molecule has 1 unspecified atom stereocenters. The molecule has 0 bridgehead atoms. The molecule has 0 radical (unpaired) electrons. The summed E-state index contributed by atoms with van der Waals surface area (Å²) in [4.78, 5) is 45.3. The number of benzene rings is 2. The van der Waals surface area contributed by atoms with E-state index >= 15 is 0 Å². The number of carbonyl (C=O) groups excluding carboxylic acids is 3. The summed E-state index contributed by atoms with van der Waals surface area (Å²) in [7, 11) is 0. The second-order valence-corrected chi connectivity index (χ2v) is 11.5.